The van der Waals surface area contributed by atoms with Gasteiger partial charge in [-0.1, -0.05) is 18.2 Å². The number of pyridine rings is 1. The van der Waals surface area contributed by atoms with Crippen LogP contribution in [0.2, 0.25) is 0 Å². The minimum Gasteiger partial charge on any atom is -0.396 e. The van der Waals surface area contributed by atoms with Gasteiger partial charge < -0.3 is 11.1 Å². The second-order valence-electron chi connectivity index (χ2n) is 2.86. The fourth-order valence-corrected chi connectivity index (χ4v) is 1.44. The van der Waals surface area contributed by atoms with E-state index >= 15 is 0 Å². The van der Waals surface area contributed by atoms with Crippen molar-refractivity contribution in [1.82, 2.24) is 4.98 Å². The van der Waals surface area contributed by atoms with Gasteiger partial charge in [0.15, 0.2) is 0 Å². The monoisotopic (exact) mass is 173 g/mol. The molecule has 2 aromatic rings. The maximum atomic E-state index is 5.77. The van der Waals surface area contributed by atoms with Crippen molar-refractivity contribution >= 4 is 22.3 Å². The van der Waals surface area contributed by atoms with Crippen molar-refractivity contribution in [3.8, 4) is 0 Å². The molecular formula is C10H11N3. The molecule has 0 radical (unpaired) electrons. The molecule has 1 aromatic heterocycles. The van der Waals surface area contributed by atoms with E-state index in [2.05, 4.69) is 10.3 Å². The second kappa shape index (κ2) is 2.94. The standard InChI is InChI=1S/C10H11N3/c1-12-10-7-4-2-3-5-9(7)13-6-8(10)11/h2-6H,11H2,1H3,(H,12,13). The summed E-state index contributed by atoms with van der Waals surface area (Å²) >= 11 is 0. The first-order valence-corrected chi connectivity index (χ1v) is 4.14. The molecule has 0 aliphatic heterocycles. The van der Waals surface area contributed by atoms with Crippen molar-refractivity contribution in [2.24, 2.45) is 0 Å². The van der Waals surface area contributed by atoms with Crippen LogP contribution in [0.5, 0.6) is 0 Å². The fourth-order valence-electron chi connectivity index (χ4n) is 1.44. The lowest BCUT2D eigenvalue weighted by Gasteiger charge is -2.07. The lowest BCUT2D eigenvalue weighted by Crippen LogP contribution is -1.97. The zero-order valence-corrected chi connectivity index (χ0v) is 7.41. The lowest BCUT2D eigenvalue weighted by atomic mass is 10.1. The molecule has 0 aliphatic rings. The first-order chi connectivity index (χ1) is 6.33. The Labute approximate surface area is 76.6 Å². The summed E-state index contributed by atoms with van der Waals surface area (Å²) in [5.41, 5.74) is 8.36. The van der Waals surface area contributed by atoms with E-state index in [4.69, 9.17) is 5.73 Å². The maximum absolute atomic E-state index is 5.77. The van der Waals surface area contributed by atoms with Gasteiger partial charge in [0.2, 0.25) is 0 Å². The second-order valence-corrected chi connectivity index (χ2v) is 2.86. The van der Waals surface area contributed by atoms with E-state index in [0.717, 1.165) is 16.6 Å². The first kappa shape index (κ1) is 7.86. The van der Waals surface area contributed by atoms with E-state index in [0.29, 0.717) is 5.69 Å². The smallest absolute Gasteiger partial charge is 0.0742 e. The summed E-state index contributed by atoms with van der Waals surface area (Å²) in [5, 5.41) is 4.13. The Kier molecular flexibility index (Phi) is 1.77. The molecule has 3 heteroatoms. The number of hydrogen-bond donors (Lipinski definition) is 2. The van der Waals surface area contributed by atoms with Crippen molar-refractivity contribution in [3.05, 3.63) is 30.5 Å². The third kappa shape index (κ3) is 1.18. The summed E-state index contributed by atoms with van der Waals surface area (Å²) in [6.07, 6.45) is 1.67. The summed E-state index contributed by atoms with van der Waals surface area (Å²) in [6.45, 7) is 0. The molecule has 0 saturated heterocycles. The molecule has 0 saturated carbocycles. The van der Waals surface area contributed by atoms with Crippen LogP contribution in [0.4, 0.5) is 11.4 Å². The van der Waals surface area contributed by atoms with Gasteiger partial charge in [0.1, 0.15) is 0 Å². The average Bonchev–Trinajstić information content (AvgIpc) is 2.18. The van der Waals surface area contributed by atoms with E-state index in [1.54, 1.807) is 6.20 Å². The van der Waals surface area contributed by atoms with Crippen LogP contribution in [0.25, 0.3) is 10.9 Å². The van der Waals surface area contributed by atoms with Gasteiger partial charge in [-0.15, -0.1) is 0 Å². The van der Waals surface area contributed by atoms with Gasteiger partial charge in [-0.05, 0) is 6.07 Å². The van der Waals surface area contributed by atoms with Crippen LogP contribution in [0, 0.1) is 0 Å². The Morgan fingerprint density at radius 3 is 2.85 bits per heavy atom. The Hall–Kier alpha value is -1.77. The number of aromatic nitrogens is 1. The van der Waals surface area contributed by atoms with Gasteiger partial charge in [-0.25, -0.2) is 0 Å². The fraction of sp³-hybridized carbons (Fsp3) is 0.100. The highest BCUT2D eigenvalue weighted by molar-refractivity contribution is 5.96. The molecule has 3 nitrogen and oxygen atoms in total. The normalized spacial score (nSPS) is 10.2. The Morgan fingerprint density at radius 2 is 2.08 bits per heavy atom. The number of nitrogens with one attached hydrogen (secondary N) is 1. The van der Waals surface area contributed by atoms with E-state index < -0.39 is 0 Å². The molecule has 0 amide bonds. The van der Waals surface area contributed by atoms with Crippen molar-refractivity contribution in [2.75, 3.05) is 18.1 Å². The highest BCUT2D eigenvalue weighted by Gasteiger charge is 2.02. The zero-order valence-electron chi connectivity index (χ0n) is 7.41. The van der Waals surface area contributed by atoms with Crippen molar-refractivity contribution in [3.63, 3.8) is 0 Å². The Balaban J connectivity index is 2.84. The van der Waals surface area contributed by atoms with E-state index in [-0.39, 0.29) is 0 Å². The molecule has 0 fully saturated rings. The number of nitrogen functional groups attached to an aromatic ring is 1. The molecule has 0 spiro atoms. The zero-order chi connectivity index (χ0) is 9.26. The van der Waals surface area contributed by atoms with Crippen molar-refractivity contribution in [2.45, 2.75) is 0 Å². The Bertz CT molecular complexity index is 437. The quantitative estimate of drug-likeness (QED) is 0.692. The van der Waals surface area contributed by atoms with E-state index in [9.17, 15) is 0 Å². The maximum Gasteiger partial charge on any atom is 0.0742 e. The highest BCUT2D eigenvalue weighted by Crippen LogP contribution is 2.26. The van der Waals surface area contributed by atoms with Gasteiger partial charge >= 0.3 is 0 Å². The number of para-hydroxylation sites is 1. The molecular weight excluding hydrogens is 162 g/mol. The van der Waals surface area contributed by atoms with Gasteiger partial charge in [-0.3, -0.25) is 4.98 Å². The molecule has 0 bridgehead atoms. The van der Waals surface area contributed by atoms with Crippen LogP contribution < -0.4 is 11.1 Å². The predicted octanol–water partition coefficient (Wildman–Crippen LogP) is 1.86. The van der Waals surface area contributed by atoms with E-state index in [1.807, 2.05) is 31.3 Å². The van der Waals surface area contributed by atoms with Gasteiger partial charge in [0, 0.05) is 12.4 Å². The largest absolute Gasteiger partial charge is 0.396 e. The lowest BCUT2D eigenvalue weighted by molar-refractivity contribution is 1.40. The van der Waals surface area contributed by atoms with Crippen molar-refractivity contribution < 1.29 is 0 Å². The summed E-state index contributed by atoms with van der Waals surface area (Å²) in [7, 11) is 1.86. The van der Waals surface area contributed by atoms with Crippen LogP contribution in [0.3, 0.4) is 0 Å². The predicted molar refractivity (Wildman–Crippen MR) is 55.7 cm³/mol. The summed E-state index contributed by atoms with van der Waals surface area (Å²) < 4.78 is 0. The van der Waals surface area contributed by atoms with Crippen LogP contribution in [0.15, 0.2) is 30.5 Å². The Morgan fingerprint density at radius 1 is 1.31 bits per heavy atom. The molecule has 66 valence electrons. The average molecular weight is 173 g/mol. The molecule has 1 heterocycles. The molecule has 0 unspecified atom stereocenters. The minimum absolute atomic E-state index is 0.682. The van der Waals surface area contributed by atoms with Crippen LogP contribution >= 0.6 is 0 Å². The van der Waals surface area contributed by atoms with Gasteiger partial charge in [-0.2, -0.15) is 0 Å². The third-order valence-corrected chi connectivity index (χ3v) is 2.05. The molecule has 0 aliphatic carbocycles. The summed E-state index contributed by atoms with van der Waals surface area (Å²) in [4.78, 5) is 4.22. The van der Waals surface area contributed by atoms with Crippen LogP contribution in [-0.2, 0) is 0 Å². The van der Waals surface area contributed by atoms with E-state index in [1.165, 1.54) is 0 Å². The molecule has 1 aromatic carbocycles. The number of nitrogens with two attached hydrogens (primary N) is 1. The topological polar surface area (TPSA) is 50.9 Å². The molecule has 0 atom stereocenters. The first-order valence-electron chi connectivity index (χ1n) is 4.14. The molecule has 3 N–H and O–H groups in total. The summed E-state index contributed by atoms with van der Waals surface area (Å²) in [5.74, 6) is 0. The number of nitrogens with zero attached hydrogens (tertiary/aromatic N) is 1. The number of fused-ring (bicyclic) bond motifs is 1. The number of hydrogen-bond acceptors (Lipinski definition) is 3. The highest BCUT2D eigenvalue weighted by atomic mass is 14.9. The molecule has 13 heavy (non-hydrogen) atoms. The van der Waals surface area contributed by atoms with Crippen molar-refractivity contribution in [1.29, 1.82) is 0 Å². The van der Waals surface area contributed by atoms with Gasteiger partial charge in [0.05, 0.1) is 23.1 Å². The SMILES string of the molecule is CNc1c(N)cnc2ccccc12. The minimum atomic E-state index is 0.682. The number of rotatable bonds is 1. The number of anilines is 2. The number of benzene rings is 1. The summed E-state index contributed by atoms with van der Waals surface area (Å²) in [6, 6.07) is 7.91. The third-order valence-electron chi connectivity index (χ3n) is 2.05. The van der Waals surface area contributed by atoms with Gasteiger partial charge in [0.25, 0.3) is 0 Å². The van der Waals surface area contributed by atoms with Crippen LogP contribution in [-0.4, -0.2) is 12.0 Å². The van der Waals surface area contributed by atoms with Crippen LogP contribution in [0.1, 0.15) is 0 Å². The molecule has 2 rings (SSSR count).